The first-order valence-electron chi connectivity index (χ1n) is 9.84. The minimum absolute atomic E-state index is 0.474. The maximum atomic E-state index is 9.97. The topological polar surface area (TPSA) is 72.3 Å². The van der Waals surface area contributed by atoms with Crippen LogP contribution in [0.5, 0.6) is 0 Å². The van der Waals surface area contributed by atoms with E-state index in [2.05, 4.69) is 16.0 Å². The molecule has 3 heterocycles. The van der Waals surface area contributed by atoms with E-state index in [1.807, 2.05) is 95.3 Å². The Morgan fingerprint density at radius 3 is 2.45 bits per heavy atom. The number of pyridine rings is 1. The summed E-state index contributed by atoms with van der Waals surface area (Å²) in [6.07, 6.45) is 7.26. The highest BCUT2D eigenvalue weighted by molar-refractivity contribution is 5.93. The number of nitriles is 1. The monoisotopic (exact) mass is 402 g/mol. The molecule has 0 aliphatic rings. The van der Waals surface area contributed by atoms with Crippen LogP contribution in [0.1, 0.15) is 11.4 Å². The molecule has 0 bridgehead atoms. The molecule has 0 saturated heterocycles. The number of aryl methyl sites for hydroxylation is 1. The summed E-state index contributed by atoms with van der Waals surface area (Å²) >= 11 is 0. The minimum atomic E-state index is 0.474. The lowest BCUT2D eigenvalue weighted by atomic mass is 10.1. The van der Waals surface area contributed by atoms with E-state index in [1.165, 1.54) is 0 Å². The Bertz CT molecular complexity index is 1440. The molecule has 5 aromatic rings. The Labute approximate surface area is 179 Å². The average molecular weight is 402 g/mol. The van der Waals surface area contributed by atoms with Crippen molar-refractivity contribution in [3.63, 3.8) is 0 Å². The van der Waals surface area contributed by atoms with E-state index in [4.69, 9.17) is 5.10 Å². The minimum Gasteiger partial charge on any atom is -0.327 e. The Morgan fingerprint density at radius 2 is 1.71 bits per heavy atom. The lowest BCUT2D eigenvalue weighted by Gasteiger charge is -2.02. The number of benzene rings is 2. The van der Waals surface area contributed by atoms with Gasteiger partial charge >= 0.3 is 0 Å². The summed E-state index contributed by atoms with van der Waals surface area (Å²) < 4.78 is 3.77. The van der Waals surface area contributed by atoms with Gasteiger partial charge in [0.25, 0.3) is 0 Å². The number of hydrogen-bond acceptors (Lipinski definition) is 4. The quantitative estimate of drug-likeness (QED) is 0.402. The largest absolute Gasteiger partial charge is 0.327 e. The van der Waals surface area contributed by atoms with Gasteiger partial charge in [0.2, 0.25) is 0 Å². The van der Waals surface area contributed by atoms with E-state index < -0.39 is 0 Å². The van der Waals surface area contributed by atoms with Crippen LogP contribution in [0.4, 0.5) is 0 Å². The van der Waals surface area contributed by atoms with E-state index in [-0.39, 0.29) is 0 Å². The summed E-state index contributed by atoms with van der Waals surface area (Å²) in [4.78, 5) is 8.79. The Balaban J connectivity index is 1.69. The molecule has 2 aromatic carbocycles. The number of allylic oxidation sites excluding steroid dienone is 1. The predicted octanol–water partition coefficient (Wildman–Crippen LogP) is 4.89. The summed E-state index contributed by atoms with van der Waals surface area (Å²) in [6, 6.07) is 23.9. The molecular weight excluding hydrogens is 384 g/mol. The second kappa shape index (κ2) is 7.73. The molecule has 0 spiro atoms. The van der Waals surface area contributed by atoms with Gasteiger partial charge in [0.1, 0.15) is 11.8 Å². The first-order valence-corrected chi connectivity index (χ1v) is 9.84. The molecule has 0 N–H and O–H groups in total. The Hall–Kier alpha value is -4.50. The molecule has 5 rings (SSSR count). The normalized spacial score (nSPS) is 11.5. The fourth-order valence-electron chi connectivity index (χ4n) is 3.63. The number of imidazole rings is 1. The molecule has 0 aliphatic carbocycles. The lowest BCUT2D eigenvalue weighted by Crippen LogP contribution is -1.96. The summed E-state index contributed by atoms with van der Waals surface area (Å²) in [6.45, 7) is 0. The van der Waals surface area contributed by atoms with Crippen LogP contribution in [0.15, 0.2) is 85.3 Å². The summed E-state index contributed by atoms with van der Waals surface area (Å²) in [5.41, 5.74) is 5.79. The Morgan fingerprint density at radius 1 is 0.968 bits per heavy atom. The van der Waals surface area contributed by atoms with Crippen LogP contribution in [0, 0.1) is 11.3 Å². The molecule has 0 aliphatic heterocycles. The van der Waals surface area contributed by atoms with Crippen LogP contribution in [-0.2, 0) is 7.05 Å². The first-order chi connectivity index (χ1) is 15.2. The van der Waals surface area contributed by atoms with Gasteiger partial charge in [-0.1, -0.05) is 30.3 Å². The van der Waals surface area contributed by atoms with E-state index in [0.29, 0.717) is 11.4 Å². The van der Waals surface area contributed by atoms with Crippen molar-refractivity contribution in [2.45, 2.75) is 0 Å². The zero-order valence-corrected chi connectivity index (χ0v) is 16.8. The first kappa shape index (κ1) is 18.5. The van der Waals surface area contributed by atoms with Gasteiger partial charge in [-0.25, -0.2) is 9.67 Å². The molecular formula is C25H18N6. The van der Waals surface area contributed by atoms with Gasteiger partial charge in [0.15, 0.2) is 5.82 Å². The van der Waals surface area contributed by atoms with Crippen LogP contribution in [0.3, 0.4) is 0 Å². The highest BCUT2D eigenvalue weighted by Gasteiger charge is 2.16. The highest BCUT2D eigenvalue weighted by Crippen LogP contribution is 2.28. The number of aromatic nitrogens is 5. The number of para-hydroxylation sites is 3. The zero-order chi connectivity index (χ0) is 21.2. The maximum Gasteiger partial charge on any atom is 0.151 e. The molecule has 3 aromatic heterocycles. The van der Waals surface area contributed by atoms with Crippen molar-refractivity contribution in [1.29, 1.82) is 5.26 Å². The maximum absolute atomic E-state index is 9.97. The third kappa shape index (κ3) is 3.38. The van der Waals surface area contributed by atoms with Gasteiger partial charge < -0.3 is 4.57 Å². The number of hydrogen-bond donors (Lipinski definition) is 0. The fourth-order valence-corrected chi connectivity index (χ4v) is 3.63. The molecule has 0 amide bonds. The van der Waals surface area contributed by atoms with Crippen LogP contribution >= 0.6 is 0 Å². The van der Waals surface area contributed by atoms with Gasteiger partial charge in [-0.2, -0.15) is 10.4 Å². The molecule has 0 unspecified atom stereocenters. The molecule has 31 heavy (non-hydrogen) atoms. The second-order valence-electron chi connectivity index (χ2n) is 7.10. The average Bonchev–Trinajstić information content (AvgIpc) is 3.40. The van der Waals surface area contributed by atoms with Crippen LogP contribution in [0.25, 0.3) is 39.6 Å². The third-order valence-corrected chi connectivity index (χ3v) is 5.17. The van der Waals surface area contributed by atoms with Gasteiger partial charge in [0, 0.05) is 36.8 Å². The zero-order valence-electron chi connectivity index (χ0n) is 16.8. The van der Waals surface area contributed by atoms with Gasteiger partial charge in [-0.05, 0) is 42.5 Å². The molecule has 148 valence electrons. The van der Waals surface area contributed by atoms with Gasteiger partial charge in [-0.3, -0.25) is 4.98 Å². The second-order valence-corrected chi connectivity index (χ2v) is 7.10. The van der Waals surface area contributed by atoms with Crippen molar-refractivity contribution in [3.05, 3.63) is 96.7 Å². The van der Waals surface area contributed by atoms with E-state index in [1.54, 1.807) is 12.4 Å². The summed E-state index contributed by atoms with van der Waals surface area (Å²) in [5, 5.41) is 14.8. The molecule has 0 fully saturated rings. The standard InChI is InChI=1S/C25H18N6/c1-30-23-10-6-5-9-22(23)28-25(30)19(16-26)15-20-17-31(21-7-3-2-4-8-21)29-24(20)18-11-13-27-14-12-18/h2-15,17H,1H3/b19-15-. The van der Waals surface area contributed by atoms with E-state index >= 15 is 0 Å². The van der Waals surface area contributed by atoms with Crippen molar-refractivity contribution in [3.8, 4) is 23.0 Å². The smallest absolute Gasteiger partial charge is 0.151 e. The van der Waals surface area contributed by atoms with Crippen LogP contribution < -0.4 is 0 Å². The van der Waals surface area contributed by atoms with Crippen LogP contribution in [0.2, 0.25) is 0 Å². The molecule has 0 saturated carbocycles. The van der Waals surface area contributed by atoms with E-state index in [9.17, 15) is 5.26 Å². The number of rotatable bonds is 4. The van der Waals surface area contributed by atoms with Gasteiger partial charge in [0.05, 0.1) is 22.3 Å². The third-order valence-electron chi connectivity index (χ3n) is 5.17. The highest BCUT2D eigenvalue weighted by atomic mass is 15.3. The summed E-state index contributed by atoms with van der Waals surface area (Å²) in [5.74, 6) is 0.622. The van der Waals surface area contributed by atoms with Crippen molar-refractivity contribution >= 4 is 22.7 Å². The SMILES string of the molecule is Cn1c(/C(C#N)=C\c2cn(-c3ccccc3)nc2-c2ccncc2)nc2ccccc21. The van der Waals surface area contributed by atoms with Crippen molar-refractivity contribution in [2.75, 3.05) is 0 Å². The van der Waals surface area contributed by atoms with E-state index in [0.717, 1.165) is 33.5 Å². The van der Waals surface area contributed by atoms with Gasteiger partial charge in [-0.15, -0.1) is 0 Å². The van der Waals surface area contributed by atoms with Crippen LogP contribution in [-0.4, -0.2) is 24.3 Å². The molecule has 6 nitrogen and oxygen atoms in total. The predicted molar refractivity (Wildman–Crippen MR) is 121 cm³/mol. The molecule has 0 radical (unpaired) electrons. The Kier molecular flexibility index (Phi) is 4.62. The summed E-state index contributed by atoms with van der Waals surface area (Å²) in [7, 11) is 1.92. The molecule has 6 heteroatoms. The van der Waals surface area contributed by atoms with Crippen molar-refractivity contribution in [1.82, 2.24) is 24.3 Å². The fraction of sp³-hybridized carbons (Fsp3) is 0.0400. The van der Waals surface area contributed by atoms with Crippen molar-refractivity contribution < 1.29 is 0 Å². The number of nitrogens with zero attached hydrogens (tertiary/aromatic N) is 6. The number of fused-ring (bicyclic) bond motifs is 1. The molecule has 0 atom stereocenters. The van der Waals surface area contributed by atoms with Crippen molar-refractivity contribution in [2.24, 2.45) is 7.05 Å². The lowest BCUT2D eigenvalue weighted by molar-refractivity contribution is 0.884.